The first-order chi connectivity index (χ1) is 31.7. The normalized spacial score (nSPS) is 21.9. The Kier molecular flexibility index (Phi) is 27.9. The summed E-state index contributed by atoms with van der Waals surface area (Å²) in [7, 11) is 1.26. The molecule has 0 aliphatic carbocycles. The SMILES string of the molecule is CC(O)N(O)CCC/C(=N\[C@@H](O)[C@@H](CCCN(O)C(C)O)N[C@@H](O)C(N)CCCN(O)C(C)O)C(=O)N[C@@H](CO)C(=O)N[C@@H](C(=O)O)[C@@H](O)[C@H]1S[C@@H]([n+]2ccc(NC(N)=O)n(C)c2=O)[C@@H](O)[C@@H]1O.[Fe]. The Morgan fingerprint density at radius 1 is 0.884 bits per heavy atom. The summed E-state index contributed by atoms with van der Waals surface area (Å²) in [6.07, 6.45) is -12.3. The van der Waals surface area contributed by atoms with Gasteiger partial charge in [0.1, 0.15) is 49.0 Å². The van der Waals surface area contributed by atoms with Crippen molar-refractivity contribution in [1.82, 2.24) is 35.7 Å². The molecular weight excluding hydrogens is 988 g/mol. The molecule has 69 heavy (non-hydrogen) atoms. The van der Waals surface area contributed by atoms with Crippen LogP contribution in [-0.4, -0.2) is 221 Å². The zero-order chi connectivity index (χ0) is 51.7. The Balaban J connectivity index is 0.0000238. The number of carboxylic acid groups (broad SMARTS) is 1. The molecule has 1 aromatic rings. The largest absolute Gasteiger partial charge is 0.500 e. The fraction of sp³-hybridized carbons (Fsp3) is 0.757. The fourth-order valence-electron chi connectivity index (χ4n) is 6.65. The molecule has 1 fully saturated rings. The molecule has 2 heterocycles. The number of aliphatic imine (C=N–C) groups is 1. The minimum absolute atomic E-state index is 0. The average molecular weight is 1060 g/mol. The number of aromatic nitrogens is 2. The Morgan fingerprint density at radius 3 is 1.93 bits per heavy atom. The number of carboxylic acids is 1. The third kappa shape index (κ3) is 19.5. The molecule has 21 N–H and O–H groups in total. The van der Waals surface area contributed by atoms with Gasteiger partial charge in [0.15, 0.2) is 17.6 Å². The van der Waals surface area contributed by atoms with E-state index in [1.165, 1.54) is 33.9 Å². The van der Waals surface area contributed by atoms with E-state index in [9.17, 15) is 90.7 Å². The Morgan fingerprint density at radius 2 is 1.42 bits per heavy atom. The molecule has 1 aliphatic heterocycles. The van der Waals surface area contributed by atoms with Crippen LogP contribution in [0.15, 0.2) is 22.1 Å². The third-order valence-electron chi connectivity index (χ3n) is 10.7. The van der Waals surface area contributed by atoms with Crippen LogP contribution in [0.25, 0.3) is 0 Å². The molecule has 398 valence electrons. The van der Waals surface area contributed by atoms with Gasteiger partial charge < -0.3 is 88.8 Å². The number of hydroxylamine groups is 6. The van der Waals surface area contributed by atoms with Crippen LogP contribution >= 0.6 is 11.8 Å². The van der Waals surface area contributed by atoms with Gasteiger partial charge >= 0.3 is 17.7 Å². The van der Waals surface area contributed by atoms with Gasteiger partial charge in [-0.05, 0) is 59.3 Å². The van der Waals surface area contributed by atoms with E-state index in [0.717, 1.165) is 15.3 Å². The number of thioether (sulfide) groups is 1. The van der Waals surface area contributed by atoms with E-state index in [2.05, 4.69) is 20.9 Å². The molecule has 0 bridgehead atoms. The number of primary amides is 1. The molecule has 4 unspecified atom stereocenters. The van der Waals surface area contributed by atoms with Crippen LogP contribution in [0.1, 0.15) is 64.7 Å². The van der Waals surface area contributed by atoms with Crippen LogP contribution in [-0.2, 0) is 38.5 Å². The van der Waals surface area contributed by atoms with Gasteiger partial charge in [0.25, 0.3) is 5.91 Å². The van der Waals surface area contributed by atoms with Crippen molar-refractivity contribution < 1.29 is 108 Å². The summed E-state index contributed by atoms with van der Waals surface area (Å²) in [6, 6.07) is -6.28. The van der Waals surface area contributed by atoms with Crippen molar-refractivity contribution in [3.8, 4) is 0 Å². The molecule has 32 heteroatoms. The van der Waals surface area contributed by atoms with Crippen molar-refractivity contribution >= 4 is 47.1 Å². The number of aliphatic carboxylic acids is 1. The van der Waals surface area contributed by atoms with Crippen molar-refractivity contribution in [3.63, 3.8) is 0 Å². The van der Waals surface area contributed by atoms with Gasteiger partial charge in [0.2, 0.25) is 11.7 Å². The molecule has 0 saturated carbocycles. The van der Waals surface area contributed by atoms with Crippen LogP contribution < -0.4 is 43.0 Å². The summed E-state index contributed by atoms with van der Waals surface area (Å²) in [5, 5.41) is 142. The topological polar surface area (TPSA) is 479 Å². The first-order valence-electron chi connectivity index (χ1n) is 21.4. The molecule has 0 radical (unpaired) electrons. The number of carbonyl (C=O) groups excluding carboxylic acids is 3. The molecule has 4 amide bonds. The summed E-state index contributed by atoms with van der Waals surface area (Å²) in [6.45, 7) is 2.21. The Hall–Kier alpha value is -3.58. The predicted molar refractivity (Wildman–Crippen MR) is 235 cm³/mol. The average Bonchev–Trinajstić information content (AvgIpc) is 3.56. The van der Waals surface area contributed by atoms with Crippen LogP contribution in [0.4, 0.5) is 10.6 Å². The van der Waals surface area contributed by atoms with Crippen molar-refractivity contribution in [3.05, 3.63) is 22.7 Å². The summed E-state index contributed by atoms with van der Waals surface area (Å²) < 4.78 is 1.89. The van der Waals surface area contributed by atoms with E-state index < -0.39 is 132 Å². The zero-order valence-electron chi connectivity index (χ0n) is 38.3. The number of anilines is 1. The summed E-state index contributed by atoms with van der Waals surface area (Å²) >= 11 is 0.574. The van der Waals surface area contributed by atoms with Crippen LogP contribution in [0, 0.1) is 0 Å². The first-order valence-corrected chi connectivity index (χ1v) is 22.3. The number of aliphatic hydroxyl groups is 9. The molecular formula is C37H69FeN12O18S+. The summed E-state index contributed by atoms with van der Waals surface area (Å²) in [5.41, 5.74) is 9.89. The third-order valence-corrected chi connectivity index (χ3v) is 12.4. The number of amides is 4. The number of hydrogen-bond donors (Lipinski definition) is 19. The number of aliphatic hydroxyl groups excluding tert-OH is 9. The molecule has 1 aromatic heterocycles. The predicted octanol–water partition coefficient (Wildman–Crippen LogP) is -7.30. The van der Waals surface area contributed by atoms with Crippen molar-refractivity contribution in [2.45, 2.75) is 144 Å². The quantitative estimate of drug-likeness (QED) is 0.0112. The van der Waals surface area contributed by atoms with E-state index in [1.807, 2.05) is 5.32 Å². The molecule has 0 spiro atoms. The van der Waals surface area contributed by atoms with Gasteiger partial charge in [-0.25, -0.2) is 9.59 Å². The number of nitrogens with one attached hydrogen (secondary N) is 4. The van der Waals surface area contributed by atoms with E-state index in [0.29, 0.717) is 27.0 Å². The summed E-state index contributed by atoms with van der Waals surface area (Å²) in [4.78, 5) is 68.3. The van der Waals surface area contributed by atoms with E-state index in [1.54, 1.807) is 0 Å². The van der Waals surface area contributed by atoms with E-state index >= 15 is 0 Å². The van der Waals surface area contributed by atoms with Crippen molar-refractivity contribution in [1.29, 1.82) is 0 Å². The minimum atomic E-state index is -2.28. The number of carbonyl (C=O) groups is 4. The second kappa shape index (κ2) is 30.3. The minimum Gasteiger partial charge on any atom is -0.480 e. The van der Waals surface area contributed by atoms with Crippen LogP contribution in [0.3, 0.4) is 0 Å². The number of urea groups is 1. The number of nitrogens with two attached hydrogens (primary N) is 2. The fourth-order valence-corrected chi connectivity index (χ4v) is 8.23. The second-order valence-corrected chi connectivity index (χ2v) is 17.4. The standard InChI is InChI=1S/C37H68N12O18S.Fe/c1-17(51)47(65)12-5-8-20(38)30(57)40-21(9-6-13-48(66)18(2)52)31(58)41-22(10-7-14-49(67)19(3)53)32(59)42-23(16-50)33(60)44-25(35(61)62)26(54)29-27(55)28(56)34(68-29)46-15-11-24(43-36(39)63)45(4)37(46)64;/h11,15,17-21,23,25-31,34,40,50-58,65-67H,5-10,12-14,16,38H2,1-4H3,(H5,39,42,44,59,60,61,62,63);/p+1/b41-22+;/t17?,18?,19?,20?,21-,23+,25-,26-,27+,28+,29-,30+,31+,34-;/m1./s1. The molecule has 30 nitrogen and oxygen atoms in total. The maximum Gasteiger partial charge on any atom is 0.500 e. The smallest absolute Gasteiger partial charge is 0.480 e. The number of nitrogens with zero attached hydrogens (tertiary/aromatic N) is 6. The summed E-state index contributed by atoms with van der Waals surface area (Å²) in [5.74, 6) is -4.52. The molecule has 1 saturated heterocycles. The zero-order valence-corrected chi connectivity index (χ0v) is 40.2. The van der Waals surface area contributed by atoms with Gasteiger partial charge in [-0.2, -0.15) is 29.1 Å². The van der Waals surface area contributed by atoms with E-state index in [-0.39, 0.29) is 74.6 Å². The maximum absolute atomic E-state index is 13.8. The van der Waals surface area contributed by atoms with Crippen molar-refractivity contribution in [2.75, 3.05) is 31.6 Å². The van der Waals surface area contributed by atoms with Gasteiger partial charge in [0, 0.05) is 48.8 Å². The van der Waals surface area contributed by atoms with Crippen LogP contribution in [0.5, 0.6) is 0 Å². The maximum atomic E-state index is 13.8. The Labute approximate surface area is 410 Å². The second-order valence-electron chi connectivity index (χ2n) is 16.1. The molecule has 0 aromatic carbocycles. The van der Waals surface area contributed by atoms with Gasteiger partial charge in [-0.1, -0.05) is 0 Å². The van der Waals surface area contributed by atoms with Crippen LogP contribution in [0.2, 0.25) is 0 Å². The Bertz CT molecular complexity index is 1880. The van der Waals surface area contributed by atoms with Gasteiger partial charge in [0.05, 0.1) is 37.2 Å². The monoisotopic (exact) mass is 1060 g/mol. The van der Waals surface area contributed by atoms with Gasteiger partial charge in [-0.15, -0.1) is 11.8 Å². The van der Waals surface area contributed by atoms with Gasteiger partial charge in [-0.3, -0.25) is 25.2 Å². The molecule has 2 rings (SSSR count). The van der Waals surface area contributed by atoms with Crippen molar-refractivity contribution in [2.24, 2.45) is 23.5 Å². The number of hydrogen-bond acceptors (Lipinski definition) is 24. The molecule has 1 aliphatic rings. The molecule has 14 atom stereocenters. The first kappa shape index (κ1) is 63.4. The van der Waals surface area contributed by atoms with E-state index in [4.69, 9.17) is 11.5 Å². The number of rotatable bonds is 30.